The Labute approximate surface area is 188 Å². The summed E-state index contributed by atoms with van der Waals surface area (Å²) in [5.41, 5.74) is 1.92. The van der Waals surface area contributed by atoms with Crippen molar-refractivity contribution in [1.29, 1.82) is 0 Å². The number of barbiturate groups is 1. The third kappa shape index (κ3) is 3.11. The molecule has 0 saturated carbocycles. The number of amides is 4. The number of piperazine rings is 1. The Balaban J connectivity index is 1.57. The molecular formula is C25H28N4O3. The first-order valence-electron chi connectivity index (χ1n) is 11.2. The van der Waals surface area contributed by atoms with Crippen LogP contribution >= 0.6 is 0 Å². The van der Waals surface area contributed by atoms with Crippen LogP contribution in [0.2, 0.25) is 0 Å². The molecule has 3 aliphatic rings. The zero-order valence-corrected chi connectivity index (χ0v) is 18.5. The highest BCUT2D eigenvalue weighted by Gasteiger charge is 2.63. The fourth-order valence-corrected chi connectivity index (χ4v) is 5.49. The summed E-state index contributed by atoms with van der Waals surface area (Å²) in [6, 6.07) is 16.9. The molecule has 2 saturated heterocycles. The minimum atomic E-state index is -1.33. The predicted molar refractivity (Wildman–Crippen MR) is 121 cm³/mol. The van der Waals surface area contributed by atoms with Gasteiger partial charge in [0.25, 0.3) is 0 Å². The minimum Gasteiger partial charge on any atom is -0.364 e. The molecule has 1 spiro atoms. The molecule has 0 aliphatic carbocycles. The first kappa shape index (κ1) is 20.7. The Bertz CT molecular complexity index is 1070. The summed E-state index contributed by atoms with van der Waals surface area (Å²) in [6.07, 6.45) is 0.296. The number of para-hydroxylation sites is 1. The van der Waals surface area contributed by atoms with Gasteiger partial charge in [0.2, 0.25) is 11.8 Å². The van der Waals surface area contributed by atoms with Crippen molar-refractivity contribution in [3.8, 4) is 0 Å². The molecular weight excluding hydrogens is 404 g/mol. The molecule has 0 aromatic heterocycles. The van der Waals surface area contributed by atoms with Gasteiger partial charge in [-0.3, -0.25) is 24.7 Å². The van der Waals surface area contributed by atoms with E-state index in [9.17, 15) is 14.4 Å². The van der Waals surface area contributed by atoms with Gasteiger partial charge in [0.15, 0.2) is 5.41 Å². The standard InChI is InChI=1S/C25H28N4O3/c1-17(2)29-23(31)25(22(30)26-24(29)32)14-19-10-6-7-11-20(19)28-13-12-27(16-21(25)28)15-18-8-4-3-5-9-18/h3-11,17,21H,12-16H2,1-2H3,(H,26,30,32)/t21-,25-/m0/s1. The Morgan fingerprint density at radius 1 is 1.00 bits per heavy atom. The number of imide groups is 2. The molecule has 3 heterocycles. The lowest BCUT2D eigenvalue weighted by Gasteiger charge is -2.55. The molecule has 2 aromatic rings. The number of anilines is 1. The minimum absolute atomic E-state index is 0.296. The summed E-state index contributed by atoms with van der Waals surface area (Å²) < 4.78 is 0. The van der Waals surface area contributed by atoms with Crippen molar-refractivity contribution < 1.29 is 14.4 Å². The lowest BCUT2D eigenvalue weighted by atomic mass is 9.67. The Morgan fingerprint density at radius 3 is 2.47 bits per heavy atom. The van der Waals surface area contributed by atoms with Crippen LogP contribution in [0, 0.1) is 5.41 Å². The maximum absolute atomic E-state index is 13.9. The first-order chi connectivity index (χ1) is 15.4. The van der Waals surface area contributed by atoms with E-state index < -0.39 is 17.4 Å². The Morgan fingerprint density at radius 2 is 1.72 bits per heavy atom. The third-order valence-corrected chi connectivity index (χ3v) is 7.01. The highest BCUT2D eigenvalue weighted by Crippen LogP contribution is 2.46. The molecule has 7 nitrogen and oxygen atoms in total. The van der Waals surface area contributed by atoms with Crippen molar-refractivity contribution >= 4 is 23.5 Å². The van der Waals surface area contributed by atoms with Gasteiger partial charge in [0.05, 0.1) is 6.04 Å². The SMILES string of the molecule is CC(C)N1C(=O)NC(=O)[C@@]2(Cc3ccccc3N3CCN(Cc4ccccc4)C[C@H]32)C1=O. The number of urea groups is 1. The van der Waals surface area contributed by atoms with Gasteiger partial charge in [0.1, 0.15) is 0 Å². The fraction of sp³-hybridized carbons (Fsp3) is 0.400. The van der Waals surface area contributed by atoms with Gasteiger partial charge in [-0.05, 0) is 37.5 Å². The zero-order valence-electron chi connectivity index (χ0n) is 18.5. The number of hydrogen-bond acceptors (Lipinski definition) is 5. The largest absolute Gasteiger partial charge is 0.364 e. The van der Waals surface area contributed by atoms with E-state index in [0.717, 1.165) is 24.3 Å². The van der Waals surface area contributed by atoms with Crippen LogP contribution in [-0.4, -0.2) is 59.4 Å². The molecule has 1 N–H and O–H groups in total. The first-order valence-corrected chi connectivity index (χ1v) is 11.2. The van der Waals surface area contributed by atoms with Gasteiger partial charge in [0, 0.05) is 37.9 Å². The van der Waals surface area contributed by atoms with Gasteiger partial charge in [-0.2, -0.15) is 0 Å². The van der Waals surface area contributed by atoms with Crippen LogP contribution in [0.4, 0.5) is 10.5 Å². The predicted octanol–water partition coefficient (Wildman–Crippen LogP) is 2.41. The Kier molecular flexibility index (Phi) is 5.01. The van der Waals surface area contributed by atoms with E-state index in [0.29, 0.717) is 19.5 Å². The number of carbonyl (C=O) groups is 3. The quantitative estimate of drug-likeness (QED) is 0.754. The number of nitrogens with one attached hydrogen (secondary N) is 1. The van der Waals surface area contributed by atoms with Crippen molar-refractivity contribution in [3.63, 3.8) is 0 Å². The highest BCUT2D eigenvalue weighted by atomic mass is 16.2. The highest BCUT2D eigenvalue weighted by molar-refractivity contribution is 6.20. The summed E-state index contributed by atoms with van der Waals surface area (Å²) in [5.74, 6) is -0.859. The molecule has 2 fully saturated rings. The van der Waals surface area contributed by atoms with Crippen molar-refractivity contribution in [2.45, 2.75) is 38.9 Å². The van der Waals surface area contributed by atoms with Crippen LogP contribution in [-0.2, 0) is 22.6 Å². The summed E-state index contributed by atoms with van der Waals surface area (Å²) >= 11 is 0. The molecule has 0 bridgehead atoms. The maximum Gasteiger partial charge on any atom is 0.331 e. The summed E-state index contributed by atoms with van der Waals surface area (Å²) in [4.78, 5) is 45.6. The van der Waals surface area contributed by atoms with Crippen LogP contribution in [0.15, 0.2) is 54.6 Å². The molecule has 4 amide bonds. The number of rotatable bonds is 3. The zero-order chi connectivity index (χ0) is 22.5. The fourth-order valence-electron chi connectivity index (χ4n) is 5.49. The van der Waals surface area contributed by atoms with E-state index >= 15 is 0 Å². The Hall–Kier alpha value is -3.19. The van der Waals surface area contributed by atoms with Crippen LogP contribution < -0.4 is 10.2 Å². The molecule has 2 aromatic carbocycles. The number of fused-ring (bicyclic) bond motifs is 4. The monoisotopic (exact) mass is 432 g/mol. The number of benzene rings is 2. The molecule has 7 heteroatoms. The van der Waals surface area contributed by atoms with E-state index in [2.05, 4.69) is 33.3 Å². The number of carbonyl (C=O) groups excluding carboxylic acids is 3. The normalized spacial score (nSPS) is 25.7. The van der Waals surface area contributed by atoms with Gasteiger partial charge in [-0.1, -0.05) is 48.5 Å². The van der Waals surface area contributed by atoms with Gasteiger partial charge >= 0.3 is 6.03 Å². The lowest BCUT2D eigenvalue weighted by Crippen LogP contribution is -2.75. The average molecular weight is 433 g/mol. The molecule has 166 valence electrons. The lowest BCUT2D eigenvalue weighted by molar-refractivity contribution is -0.155. The molecule has 0 radical (unpaired) electrons. The van der Waals surface area contributed by atoms with E-state index in [1.165, 1.54) is 10.5 Å². The molecule has 2 atom stereocenters. The van der Waals surface area contributed by atoms with Gasteiger partial charge in [-0.15, -0.1) is 0 Å². The molecule has 5 rings (SSSR count). The second-order valence-electron chi connectivity index (χ2n) is 9.23. The van der Waals surface area contributed by atoms with Gasteiger partial charge in [-0.25, -0.2) is 4.79 Å². The molecule has 3 aliphatic heterocycles. The van der Waals surface area contributed by atoms with E-state index in [-0.39, 0.29) is 18.0 Å². The summed E-state index contributed by atoms with van der Waals surface area (Å²) in [5, 5.41) is 2.51. The number of hydrogen-bond donors (Lipinski definition) is 1. The summed E-state index contributed by atoms with van der Waals surface area (Å²) in [6.45, 7) is 6.48. The van der Waals surface area contributed by atoms with E-state index in [1.54, 1.807) is 13.8 Å². The number of nitrogens with zero attached hydrogens (tertiary/aromatic N) is 3. The van der Waals surface area contributed by atoms with Gasteiger partial charge < -0.3 is 4.90 Å². The molecule has 0 unspecified atom stereocenters. The van der Waals surface area contributed by atoms with Crippen LogP contribution in [0.25, 0.3) is 0 Å². The molecule has 32 heavy (non-hydrogen) atoms. The summed E-state index contributed by atoms with van der Waals surface area (Å²) in [7, 11) is 0. The van der Waals surface area contributed by atoms with Crippen LogP contribution in [0.5, 0.6) is 0 Å². The topological polar surface area (TPSA) is 73.0 Å². The third-order valence-electron chi connectivity index (χ3n) is 7.01. The van der Waals surface area contributed by atoms with E-state index in [4.69, 9.17) is 0 Å². The van der Waals surface area contributed by atoms with Crippen molar-refractivity contribution in [3.05, 3.63) is 65.7 Å². The van der Waals surface area contributed by atoms with E-state index in [1.807, 2.05) is 36.4 Å². The smallest absolute Gasteiger partial charge is 0.331 e. The second kappa shape index (κ2) is 7.74. The van der Waals surface area contributed by atoms with Crippen molar-refractivity contribution in [1.82, 2.24) is 15.1 Å². The van der Waals surface area contributed by atoms with Crippen molar-refractivity contribution in [2.75, 3.05) is 24.5 Å². The second-order valence-corrected chi connectivity index (χ2v) is 9.23. The maximum atomic E-state index is 13.9. The average Bonchev–Trinajstić information content (AvgIpc) is 2.78. The van der Waals surface area contributed by atoms with Crippen LogP contribution in [0.1, 0.15) is 25.0 Å². The van der Waals surface area contributed by atoms with Crippen LogP contribution in [0.3, 0.4) is 0 Å². The van der Waals surface area contributed by atoms with Crippen molar-refractivity contribution in [2.24, 2.45) is 5.41 Å².